The van der Waals surface area contributed by atoms with Crippen LogP contribution in [0.15, 0.2) is 36.5 Å². The van der Waals surface area contributed by atoms with Gasteiger partial charge < -0.3 is 9.47 Å². The van der Waals surface area contributed by atoms with Crippen LogP contribution in [-0.2, 0) is 4.74 Å². The van der Waals surface area contributed by atoms with Crippen LogP contribution in [0, 0.1) is 27.9 Å². The molecule has 0 aromatic heterocycles. The lowest BCUT2D eigenvalue weighted by Gasteiger charge is -2.26. The average Bonchev–Trinajstić information content (AvgIpc) is 2.59. The minimum absolute atomic E-state index is 0.0778. The van der Waals surface area contributed by atoms with Crippen LogP contribution in [0.25, 0.3) is 0 Å². The molecule has 1 rings (SSSR count). The normalized spacial score (nSPS) is 13.9. The van der Waals surface area contributed by atoms with Crippen LogP contribution < -0.4 is 9.64 Å². The van der Waals surface area contributed by atoms with Crippen LogP contribution in [-0.4, -0.2) is 30.3 Å². The van der Waals surface area contributed by atoms with Gasteiger partial charge >= 0.3 is 6.09 Å². The van der Waals surface area contributed by atoms with Crippen molar-refractivity contribution < 1.29 is 19.2 Å². The Kier molecular flexibility index (Phi) is 9.14. The highest BCUT2D eigenvalue weighted by Gasteiger charge is 2.25. The molecular weight excluding hydrogens is 372 g/mol. The number of hydrogen-bond donors (Lipinski definition) is 0. The number of anilines is 1. The molecule has 0 radical (unpaired) electrons. The number of benzene rings is 1. The predicted octanol–water partition coefficient (Wildman–Crippen LogP) is 5.53. The Balaban J connectivity index is 3.13. The van der Waals surface area contributed by atoms with Crippen molar-refractivity contribution in [3.05, 3.63) is 46.7 Å². The Hall–Kier alpha value is -2.57. The summed E-state index contributed by atoms with van der Waals surface area (Å²) in [5.41, 5.74) is -0.0225. The predicted molar refractivity (Wildman–Crippen MR) is 115 cm³/mol. The molecule has 7 nitrogen and oxygen atoms in total. The van der Waals surface area contributed by atoms with Gasteiger partial charge in [0.2, 0.25) is 6.54 Å². The lowest BCUT2D eigenvalue weighted by atomic mass is 9.86. The van der Waals surface area contributed by atoms with Crippen LogP contribution in [0.1, 0.15) is 48.0 Å². The van der Waals surface area contributed by atoms with Crippen LogP contribution in [0.4, 0.5) is 10.5 Å². The van der Waals surface area contributed by atoms with E-state index in [1.165, 1.54) is 4.90 Å². The van der Waals surface area contributed by atoms with Crippen molar-refractivity contribution in [2.45, 2.75) is 53.6 Å². The van der Waals surface area contributed by atoms with E-state index in [4.69, 9.17) is 9.47 Å². The zero-order valence-electron chi connectivity index (χ0n) is 18.5. The molecule has 0 fully saturated rings. The van der Waals surface area contributed by atoms with E-state index in [0.717, 1.165) is 6.42 Å². The summed E-state index contributed by atoms with van der Waals surface area (Å²) in [6.45, 7) is 11.4. The number of hydrogen-bond acceptors (Lipinski definition) is 5. The number of rotatable bonds is 9. The molecule has 2 atom stereocenters. The van der Waals surface area contributed by atoms with Crippen LogP contribution in [0.3, 0.4) is 0 Å². The second-order valence-electron chi connectivity index (χ2n) is 8.65. The fraction of sp³-hybridized carbons (Fsp3) is 0.591. The molecule has 1 amide bonds. The zero-order chi connectivity index (χ0) is 22.2. The molecule has 0 heterocycles. The minimum atomic E-state index is -0.646. The van der Waals surface area contributed by atoms with E-state index in [1.54, 1.807) is 58.3 Å². The average molecular weight is 407 g/mol. The third-order valence-corrected chi connectivity index (χ3v) is 4.38. The fourth-order valence-corrected chi connectivity index (χ4v) is 2.94. The molecule has 0 N–H and O–H groups in total. The molecule has 0 saturated heterocycles. The number of nitro groups is 1. The van der Waals surface area contributed by atoms with E-state index in [2.05, 4.69) is 0 Å². The van der Waals surface area contributed by atoms with Crippen molar-refractivity contribution >= 4 is 11.8 Å². The van der Waals surface area contributed by atoms with Crippen molar-refractivity contribution in [1.82, 2.24) is 0 Å². The van der Waals surface area contributed by atoms with Gasteiger partial charge in [-0.15, -0.1) is 0 Å². The second-order valence-corrected chi connectivity index (χ2v) is 8.65. The summed E-state index contributed by atoms with van der Waals surface area (Å²) in [5.74, 6) is 0.834. The van der Waals surface area contributed by atoms with Gasteiger partial charge in [0.25, 0.3) is 0 Å². The summed E-state index contributed by atoms with van der Waals surface area (Å²) < 4.78 is 10.7. The lowest BCUT2D eigenvalue weighted by Crippen LogP contribution is -2.33. The summed E-state index contributed by atoms with van der Waals surface area (Å²) >= 11 is 0. The van der Waals surface area contributed by atoms with Crippen molar-refractivity contribution in [2.24, 2.45) is 17.8 Å². The first kappa shape index (κ1) is 24.5. The summed E-state index contributed by atoms with van der Waals surface area (Å²) in [6, 6.07) is 7.05. The molecule has 0 saturated carbocycles. The Morgan fingerprint density at radius 1 is 1.21 bits per heavy atom. The number of nitrogens with zero attached hydrogens (tertiary/aromatic N) is 2. The summed E-state index contributed by atoms with van der Waals surface area (Å²) in [6.07, 6.45) is 3.71. The van der Waals surface area contributed by atoms with Crippen molar-refractivity contribution in [2.75, 3.05) is 18.6 Å². The van der Waals surface area contributed by atoms with Crippen LogP contribution in [0.5, 0.6) is 5.75 Å². The highest BCUT2D eigenvalue weighted by Crippen LogP contribution is 2.25. The van der Waals surface area contributed by atoms with Gasteiger partial charge in [0.05, 0.1) is 12.8 Å². The standard InChI is InChI=1S/C22H34N2O5/c1-16(2)14-18(15-24(26)27)17(3)12-13-23(21(25)29-22(4,5)6)19-8-10-20(28-7)11-9-19/h8-13,16-18H,14-15H2,1-7H3/b13-12-/t17-,18-/m1/s1. The molecular formula is C22H34N2O5. The van der Waals surface area contributed by atoms with Gasteiger partial charge in [0.15, 0.2) is 0 Å². The van der Waals surface area contributed by atoms with Gasteiger partial charge in [-0.3, -0.25) is 15.0 Å². The highest BCUT2D eigenvalue weighted by atomic mass is 16.6. The van der Waals surface area contributed by atoms with E-state index in [-0.39, 0.29) is 23.3 Å². The van der Waals surface area contributed by atoms with Crippen LogP contribution >= 0.6 is 0 Å². The number of carbonyl (C=O) groups is 1. The zero-order valence-corrected chi connectivity index (χ0v) is 18.5. The molecule has 1 aromatic rings. The van der Waals surface area contributed by atoms with Crippen LogP contribution in [0.2, 0.25) is 0 Å². The van der Waals surface area contributed by atoms with Crippen molar-refractivity contribution in [3.8, 4) is 5.75 Å². The van der Waals surface area contributed by atoms with Gasteiger partial charge in [-0.05, 0) is 63.3 Å². The molecule has 0 aliphatic rings. The Bertz CT molecular complexity index is 692. The first-order chi connectivity index (χ1) is 13.4. The van der Waals surface area contributed by atoms with E-state index >= 15 is 0 Å². The maximum absolute atomic E-state index is 12.8. The number of methoxy groups -OCH3 is 1. The largest absolute Gasteiger partial charge is 0.497 e. The van der Waals surface area contributed by atoms with E-state index in [9.17, 15) is 14.9 Å². The Morgan fingerprint density at radius 3 is 2.24 bits per heavy atom. The molecule has 0 unspecified atom stereocenters. The maximum atomic E-state index is 12.8. The molecule has 1 aromatic carbocycles. The first-order valence-corrected chi connectivity index (χ1v) is 9.89. The molecule has 162 valence electrons. The Morgan fingerprint density at radius 2 is 1.79 bits per heavy atom. The highest BCUT2D eigenvalue weighted by molar-refractivity contribution is 5.90. The number of ether oxygens (including phenoxy) is 2. The maximum Gasteiger partial charge on any atom is 0.418 e. The molecule has 0 bridgehead atoms. The van der Waals surface area contributed by atoms with E-state index in [1.807, 2.05) is 26.8 Å². The molecule has 0 aliphatic heterocycles. The lowest BCUT2D eigenvalue weighted by molar-refractivity contribution is -0.489. The van der Waals surface area contributed by atoms with Gasteiger partial charge in [-0.25, -0.2) is 4.79 Å². The SMILES string of the molecule is COc1ccc(N(/C=C\[C@@H](C)[C@H](CC(C)C)C[N+](=O)[O-])C(=O)OC(C)(C)C)cc1. The van der Waals surface area contributed by atoms with Gasteiger partial charge in [-0.2, -0.15) is 0 Å². The third-order valence-electron chi connectivity index (χ3n) is 4.38. The third kappa shape index (κ3) is 8.98. The quantitative estimate of drug-likeness (QED) is 0.398. The van der Waals surface area contributed by atoms with Crippen molar-refractivity contribution in [3.63, 3.8) is 0 Å². The Labute approximate surface area is 173 Å². The topological polar surface area (TPSA) is 81.9 Å². The molecule has 7 heteroatoms. The first-order valence-electron chi connectivity index (χ1n) is 9.89. The number of amides is 1. The minimum Gasteiger partial charge on any atom is -0.497 e. The molecule has 0 spiro atoms. The number of carbonyl (C=O) groups excluding carboxylic acids is 1. The van der Waals surface area contributed by atoms with Gasteiger partial charge in [0.1, 0.15) is 11.4 Å². The smallest absolute Gasteiger partial charge is 0.418 e. The van der Waals surface area contributed by atoms with Gasteiger partial charge in [-0.1, -0.05) is 26.8 Å². The number of allylic oxidation sites excluding steroid dienone is 1. The summed E-state index contributed by atoms with van der Waals surface area (Å²) in [7, 11) is 1.58. The fourth-order valence-electron chi connectivity index (χ4n) is 2.94. The monoisotopic (exact) mass is 406 g/mol. The van der Waals surface area contributed by atoms with E-state index < -0.39 is 11.7 Å². The van der Waals surface area contributed by atoms with Crippen molar-refractivity contribution in [1.29, 1.82) is 0 Å². The molecule has 0 aliphatic carbocycles. The summed E-state index contributed by atoms with van der Waals surface area (Å²) in [4.78, 5) is 25.0. The second kappa shape index (κ2) is 10.8. The van der Waals surface area contributed by atoms with E-state index in [0.29, 0.717) is 17.4 Å². The summed E-state index contributed by atoms with van der Waals surface area (Å²) in [5, 5.41) is 11.1. The molecule has 29 heavy (non-hydrogen) atoms. The van der Waals surface area contributed by atoms with Gasteiger partial charge in [0, 0.05) is 17.0 Å².